The van der Waals surface area contributed by atoms with E-state index in [2.05, 4.69) is 34.6 Å². The highest BCUT2D eigenvalue weighted by Crippen LogP contribution is 2.45. The minimum Gasteiger partial charge on any atom is -0.462 e. The fourth-order valence-electron chi connectivity index (χ4n) is 8.88. The summed E-state index contributed by atoms with van der Waals surface area (Å²) >= 11 is 0. The Morgan fingerprint density at radius 3 is 0.861 bits per heavy atom. The van der Waals surface area contributed by atoms with Crippen LogP contribution < -0.4 is 0 Å². The minimum atomic E-state index is -4.94. The second-order valence-corrected chi connectivity index (χ2v) is 25.1. The highest BCUT2D eigenvalue weighted by atomic mass is 31.2. The highest BCUT2D eigenvalue weighted by molar-refractivity contribution is 7.47. The third-order valence-corrected chi connectivity index (χ3v) is 15.7. The molecule has 3 N–H and O–H groups in total. The molecule has 79 heavy (non-hydrogen) atoms. The van der Waals surface area contributed by atoms with E-state index in [-0.39, 0.29) is 25.7 Å². The highest BCUT2D eigenvalue weighted by Gasteiger charge is 2.30. The zero-order valence-electron chi connectivity index (χ0n) is 50.5. The number of unbranched alkanes of at least 4 members (excludes halogenated alkanes) is 32. The van der Waals surface area contributed by atoms with Crippen molar-refractivity contribution in [1.29, 1.82) is 0 Å². The van der Waals surface area contributed by atoms with Crippen LogP contribution in [0.2, 0.25) is 0 Å². The van der Waals surface area contributed by atoms with Crippen LogP contribution in [0.25, 0.3) is 0 Å². The molecule has 468 valence electrons. The third kappa shape index (κ3) is 55.0. The Hall–Kier alpha value is -1.94. The zero-order valence-corrected chi connectivity index (χ0v) is 52.3. The van der Waals surface area contributed by atoms with Gasteiger partial charge in [0.15, 0.2) is 12.2 Å². The zero-order chi connectivity index (χ0) is 58.5. The molecular formula is C60H116O17P2. The Balaban J connectivity index is 5.19. The summed E-state index contributed by atoms with van der Waals surface area (Å²) in [6, 6.07) is 0. The van der Waals surface area contributed by atoms with E-state index in [1.165, 1.54) is 109 Å². The van der Waals surface area contributed by atoms with Crippen LogP contribution in [0.1, 0.15) is 298 Å². The largest absolute Gasteiger partial charge is 0.472 e. The fourth-order valence-corrected chi connectivity index (χ4v) is 10.5. The maximum Gasteiger partial charge on any atom is 0.472 e. The summed E-state index contributed by atoms with van der Waals surface area (Å²) in [5, 5.41) is 10.5. The molecule has 0 fully saturated rings. The van der Waals surface area contributed by atoms with Crippen molar-refractivity contribution in [3.05, 3.63) is 0 Å². The molecule has 17 nitrogen and oxygen atoms in total. The van der Waals surface area contributed by atoms with Crippen molar-refractivity contribution in [2.45, 2.75) is 316 Å². The van der Waals surface area contributed by atoms with Crippen molar-refractivity contribution >= 4 is 39.5 Å². The van der Waals surface area contributed by atoms with E-state index >= 15 is 0 Å². The number of carbonyl (C=O) groups is 4. The summed E-state index contributed by atoms with van der Waals surface area (Å²) in [4.78, 5) is 71.8. The van der Waals surface area contributed by atoms with Crippen LogP contribution in [-0.4, -0.2) is 96.7 Å². The van der Waals surface area contributed by atoms with E-state index in [1.54, 1.807) is 0 Å². The van der Waals surface area contributed by atoms with E-state index in [9.17, 15) is 43.2 Å². The molecule has 0 aliphatic carbocycles. The van der Waals surface area contributed by atoms with Crippen LogP contribution in [0.3, 0.4) is 0 Å². The first kappa shape index (κ1) is 77.1. The van der Waals surface area contributed by atoms with Crippen molar-refractivity contribution in [2.75, 3.05) is 39.6 Å². The Kier molecular flexibility index (Phi) is 52.7. The molecule has 2 unspecified atom stereocenters. The van der Waals surface area contributed by atoms with Crippen LogP contribution in [0.15, 0.2) is 0 Å². The molecule has 0 radical (unpaired) electrons. The Bertz CT molecular complexity index is 1550. The van der Waals surface area contributed by atoms with Gasteiger partial charge in [0, 0.05) is 25.7 Å². The first-order valence-corrected chi connectivity index (χ1v) is 34.6. The molecule has 0 aliphatic heterocycles. The van der Waals surface area contributed by atoms with Crippen LogP contribution in [0.5, 0.6) is 0 Å². The van der Waals surface area contributed by atoms with E-state index in [0.717, 1.165) is 109 Å². The lowest BCUT2D eigenvalue weighted by Gasteiger charge is -2.21. The van der Waals surface area contributed by atoms with Gasteiger partial charge < -0.3 is 33.8 Å². The molecule has 0 aromatic carbocycles. The lowest BCUT2D eigenvalue weighted by Crippen LogP contribution is -2.30. The van der Waals surface area contributed by atoms with Gasteiger partial charge in [-0.3, -0.25) is 37.3 Å². The van der Waals surface area contributed by atoms with Gasteiger partial charge in [0.25, 0.3) is 0 Å². The molecule has 0 aromatic heterocycles. The van der Waals surface area contributed by atoms with Gasteiger partial charge in [-0.05, 0) is 31.6 Å². The fraction of sp³-hybridized carbons (Fsp3) is 0.933. The van der Waals surface area contributed by atoms with Gasteiger partial charge in [0.2, 0.25) is 0 Å². The van der Waals surface area contributed by atoms with Crippen molar-refractivity contribution in [2.24, 2.45) is 5.92 Å². The van der Waals surface area contributed by atoms with E-state index in [0.29, 0.717) is 25.7 Å². The number of hydrogen-bond donors (Lipinski definition) is 3. The van der Waals surface area contributed by atoms with Crippen molar-refractivity contribution in [1.82, 2.24) is 0 Å². The Labute approximate surface area is 479 Å². The maximum atomic E-state index is 12.9. The Morgan fingerprint density at radius 2 is 0.582 bits per heavy atom. The SMILES string of the molecule is CCCCCCCCCCCC(=O)OC[C@H](COP(=O)(O)OC[C@@H](O)COP(=O)(O)OC[C@@H](COC(=O)CCCCCCCCC)OC(=O)CCCCCCCCCCC)OC(=O)CCCCCCCCCCCCCC(C)C. The standard InChI is InChI=1S/C60H116O17P2/c1-6-9-12-15-18-23-29-34-39-44-58(63)71-50-56(77-60(65)46-41-36-31-26-22-20-21-25-28-32-37-42-53(4)5)52-75-79(68,69)73-48-54(61)47-72-78(66,67)74-51-55(49-70-57(62)43-38-33-27-17-14-11-8-3)76-59(64)45-40-35-30-24-19-16-13-10-7-2/h53-56,61H,6-52H2,1-5H3,(H,66,67)(H,68,69)/t54-,55+,56+/m0/s1. The first-order valence-electron chi connectivity index (χ1n) is 31.6. The Morgan fingerprint density at radius 1 is 0.342 bits per heavy atom. The molecule has 19 heteroatoms. The maximum absolute atomic E-state index is 12.9. The molecule has 0 bridgehead atoms. The average molecular weight is 1170 g/mol. The van der Waals surface area contributed by atoms with Gasteiger partial charge >= 0.3 is 39.5 Å². The summed E-state index contributed by atoms with van der Waals surface area (Å²) in [6.07, 6.45) is 36.3. The molecule has 0 heterocycles. The normalized spacial score (nSPS) is 14.3. The van der Waals surface area contributed by atoms with Crippen molar-refractivity contribution < 1.29 is 80.2 Å². The molecule has 0 rings (SSSR count). The summed E-state index contributed by atoms with van der Waals surface area (Å²) in [6.45, 7) is 7.09. The quantitative estimate of drug-likeness (QED) is 0.0222. The summed E-state index contributed by atoms with van der Waals surface area (Å²) in [7, 11) is -9.87. The molecule has 0 aromatic rings. The smallest absolute Gasteiger partial charge is 0.462 e. The van der Waals surface area contributed by atoms with Gasteiger partial charge in [-0.25, -0.2) is 9.13 Å². The summed E-state index contributed by atoms with van der Waals surface area (Å²) in [5.41, 5.74) is 0. The summed E-state index contributed by atoms with van der Waals surface area (Å²) in [5.74, 6) is -1.38. The number of carbonyl (C=O) groups excluding carboxylic acids is 4. The van der Waals surface area contributed by atoms with Crippen molar-refractivity contribution in [3.8, 4) is 0 Å². The number of aliphatic hydroxyl groups is 1. The number of hydrogen-bond acceptors (Lipinski definition) is 15. The van der Waals surface area contributed by atoms with Gasteiger partial charge in [-0.1, -0.05) is 247 Å². The van der Waals surface area contributed by atoms with Gasteiger partial charge in [0.1, 0.15) is 19.3 Å². The lowest BCUT2D eigenvalue weighted by molar-refractivity contribution is -0.161. The predicted molar refractivity (Wildman–Crippen MR) is 312 cm³/mol. The molecule has 0 saturated carbocycles. The first-order chi connectivity index (χ1) is 38.0. The second kappa shape index (κ2) is 54.0. The third-order valence-electron chi connectivity index (χ3n) is 13.8. The van der Waals surface area contributed by atoms with Crippen LogP contribution in [0.4, 0.5) is 0 Å². The molecule has 0 spiro atoms. The van der Waals surface area contributed by atoms with Crippen LogP contribution >= 0.6 is 15.6 Å². The van der Waals surface area contributed by atoms with E-state index in [1.807, 2.05) is 0 Å². The number of phosphoric ester groups is 2. The van der Waals surface area contributed by atoms with Gasteiger partial charge in [0.05, 0.1) is 26.4 Å². The molecular weight excluding hydrogens is 1050 g/mol. The van der Waals surface area contributed by atoms with E-state index in [4.69, 9.17) is 37.0 Å². The number of aliphatic hydroxyl groups excluding tert-OH is 1. The summed E-state index contributed by atoms with van der Waals surface area (Å²) < 4.78 is 67.7. The van der Waals surface area contributed by atoms with Crippen LogP contribution in [-0.2, 0) is 65.4 Å². The number of rotatable bonds is 60. The van der Waals surface area contributed by atoms with Crippen molar-refractivity contribution in [3.63, 3.8) is 0 Å². The minimum absolute atomic E-state index is 0.105. The number of phosphoric acid groups is 2. The number of ether oxygens (including phenoxy) is 4. The molecule has 5 atom stereocenters. The van der Waals surface area contributed by atoms with Gasteiger partial charge in [-0.15, -0.1) is 0 Å². The monoisotopic (exact) mass is 1170 g/mol. The molecule has 0 saturated heterocycles. The lowest BCUT2D eigenvalue weighted by atomic mass is 10.0. The average Bonchev–Trinajstić information content (AvgIpc) is 3.41. The topological polar surface area (TPSA) is 237 Å². The second-order valence-electron chi connectivity index (χ2n) is 22.2. The molecule has 0 aliphatic rings. The molecule has 0 amide bonds. The van der Waals surface area contributed by atoms with Gasteiger partial charge in [-0.2, -0.15) is 0 Å². The van der Waals surface area contributed by atoms with Crippen LogP contribution in [0, 0.1) is 5.92 Å². The number of esters is 4. The van der Waals surface area contributed by atoms with E-state index < -0.39 is 97.5 Å². The predicted octanol–water partition coefficient (Wildman–Crippen LogP) is 16.2.